The Labute approximate surface area is 170 Å². The summed E-state index contributed by atoms with van der Waals surface area (Å²) >= 11 is 6.10. The van der Waals surface area contributed by atoms with Crippen LogP contribution in [-0.2, 0) is 9.59 Å². The van der Waals surface area contributed by atoms with Crippen molar-refractivity contribution in [2.45, 2.75) is 27.7 Å². The Hall–Kier alpha value is -2.86. The summed E-state index contributed by atoms with van der Waals surface area (Å²) in [6, 6.07) is 11.5. The van der Waals surface area contributed by atoms with E-state index in [4.69, 9.17) is 11.6 Å². The maximum atomic E-state index is 11.8. The van der Waals surface area contributed by atoms with Crippen molar-refractivity contribution in [3.05, 3.63) is 58.1 Å². The van der Waals surface area contributed by atoms with E-state index in [0.717, 1.165) is 22.5 Å². The molecule has 0 aliphatic rings. The van der Waals surface area contributed by atoms with Crippen LogP contribution in [0.2, 0.25) is 5.02 Å². The molecule has 0 aliphatic carbocycles. The van der Waals surface area contributed by atoms with Gasteiger partial charge in [-0.1, -0.05) is 37.6 Å². The third-order valence-electron chi connectivity index (χ3n) is 3.92. The molecule has 0 saturated heterocycles. The van der Waals surface area contributed by atoms with E-state index in [9.17, 15) is 9.59 Å². The SMILES string of the molecule is Cc1ccc(C)c(Nc2ccc(Cl)cc2/C=N\NC(=O)C(=O)NCC(C)C)c1. The highest BCUT2D eigenvalue weighted by Crippen LogP contribution is 2.26. The molecule has 0 aliphatic heterocycles. The molecular weight excluding hydrogens is 376 g/mol. The molecule has 6 nitrogen and oxygen atoms in total. The number of carbonyl (C=O) groups excluding carboxylic acids is 2. The highest BCUT2D eigenvalue weighted by molar-refractivity contribution is 6.35. The smallest absolute Gasteiger partial charge is 0.329 e. The third kappa shape index (κ3) is 6.39. The first-order valence-electron chi connectivity index (χ1n) is 9.01. The fraction of sp³-hybridized carbons (Fsp3) is 0.286. The number of hydrogen-bond acceptors (Lipinski definition) is 4. The van der Waals surface area contributed by atoms with Gasteiger partial charge in [0.15, 0.2) is 0 Å². The molecule has 3 N–H and O–H groups in total. The average Bonchev–Trinajstić information content (AvgIpc) is 2.64. The lowest BCUT2D eigenvalue weighted by Gasteiger charge is -2.13. The Morgan fingerprint density at radius 3 is 2.54 bits per heavy atom. The lowest BCUT2D eigenvalue weighted by atomic mass is 10.1. The Balaban J connectivity index is 2.11. The highest BCUT2D eigenvalue weighted by Gasteiger charge is 2.12. The summed E-state index contributed by atoms with van der Waals surface area (Å²) in [5.41, 5.74) is 6.89. The van der Waals surface area contributed by atoms with Crippen LogP contribution in [0.3, 0.4) is 0 Å². The molecular formula is C21H25ClN4O2. The van der Waals surface area contributed by atoms with Gasteiger partial charge in [0.1, 0.15) is 0 Å². The number of nitrogens with one attached hydrogen (secondary N) is 3. The molecule has 2 rings (SSSR count). The Kier molecular flexibility index (Phi) is 7.58. The molecule has 2 amide bonds. The first kappa shape index (κ1) is 21.4. The van der Waals surface area contributed by atoms with Gasteiger partial charge in [0.05, 0.1) is 6.21 Å². The first-order chi connectivity index (χ1) is 13.3. The maximum absolute atomic E-state index is 11.8. The molecule has 2 aromatic rings. The van der Waals surface area contributed by atoms with Gasteiger partial charge in [-0.2, -0.15) is 5.10 Å². The number of halogens is 1. The molecule has 0 unspecified atom stereocenters. The molecule has 0 bridgehead atoms. The van der Waals surface area contributed by atoms with Gasteiger partial charge in [-0.25, -0.2) is 5.43 Å². The molecule has 0 saturated carbocycles. The van der Waals surface area contributed by atoms with Crippen molar-refractivity contribution in [1.29, 1.82) is 0 Å². The molecule has 7 heteroatoms. The topological polar surface area (TPSA) is 82.6 Å². The van der Waals surface area contributed by atoms with Crippen molar-refractivity contribution in [3.8, 4) is 0 Å². The van der Waals surface area contributed by atoms with E-state index in [1.165, 1.54) is 6.21 Å². The number of aryl methyl sites for hydroxylation is 2. The summed E-state index contributed by atoms with van der Waals surface area (Å²) in [4.78, 5) is 23.5. The fourth-order valence-corrected chi connectivity index (χ4v) is 2.54. The Morgan fingerprint density at radius 2 is 1.82 bits per heavy atom. The normalized spacial score (nSPS) is 10.9. The lowest BCUT2D eigenvalue weighted by molar-refractivity contribution is -0.139. The number of rotatable bonds is 6. The van der Waals surface area contributed by atoms with Gasteiger partial charge in [0.25, 0.3) is 0 Å². The largest absolute Gasteiger partial charge is 0.355 e. The quantitative estimate of drug-likeness (QED) is 0.390. The van der Waals surface area contributed by atoms with Gasteiger partial charge in [-0.15, -0.1) is 0 Å². The molecule has 0 aromatic heterocycles. The van der Waals surface area contributed by atoms with Gasteiger partial charge in [0.2, 0.25) is 0 Å². The molecule has 28 heavy (non-hydrogen) atoms. The molecule has 0 radical (unpaired) electrons. The minimum atomic E-state index is -0.817. The van der Waals surface area contributed by atoms with Crippen molar-refractivity contribution < 1.29 is 9.59 Å². The van der Waals surface area contributed by atoms with E-state index < -0.39 is 11.8 Å². The van der Waals surface area contributed by atoms with Crippen LogP contribution in [-0.4, -0.2) is 24.6 Å². The minimum Gasteiger partial charge on any atom is -0.355 e. The number of benzene rings is 2. The number of carbonyl (C=O) groups is 2. The van der Waals surface area contributed by atoms with E-state index in [1.54, 1.807) is 12.1 Å². The summed E-state index contributed by atoms with van der Waals surface area (Å²) in [7, 11) is 0. The summed E-state index contributed by atoms with van der Waals surface area (Å²) in [5.74, 6) is -1.28. The fourth-order valence-electron chi connectivity index (χ4n) is 2.36. The van der Waals surface area contributed by atoms with Crippen molar-refractivity contribution in [3.63, 3.8) is 0 Å². The number of anilines is 2. The van der Waals surface area contributed by atoms with Crippen LogP contribution in [0.5, 0.6) is 0 Å². The standard InChI is InChI=1S/C21H25ClN4O2/c1-13(2)11-23-20(27)21(28)26-24-12-16-10-17(22)7-8-18(16)25-19-9-14(3)5-6-15(19)4/h5-10,12-13,25H,11H2,1-4H3,(H,23,27)(H,26,28)/b24-12-. The van der Waals surface area contributed by atoms with E-state index >= 15 is 0 Å². The third-order valence-corrected chi connectivity index (χ3v) is 4.16. The van der Waals surface area contributed by atoms with Crippen LogP contribution in [0.25, 0.3) is 0 Å². The predicted octanol–water partition coefficient (Wildman–Crippen LogP) is 3.92. The van der Waals surface area contributed by atoms with E-state index in [-0.39, 0.29) is 5.92 Å². The number of hydrazone groups is 1. The first-order valence-corrected chi connectivity index (χ1v) is 9.39. The second-order valence-corrected chi connectivity index (χ2v) is 7.41. The van der Waals surface area contributed by atoms with Gasteiger partial charge >= 0.3 is 11.8 Å². The van der Waals surface area contributed by atoms with Gasteiger partial charge in [-0.05, 0) is 55.2 Å². The van der Waals surface area contributed by atoms with E-state index in [2.05, 4.69) is 21.2 Å². The van der Waals surface area contributed by atoms with E-state index in [1.807, 2.05) is 52.0 Å². The molecule has 0 atom stereocenters. The molecule has 0 spiro atoms. The monoisotopic (exact) mass is 400 g/mol. The van der Waals surface area contributed by atoms with Crippen molar-refractivity contribution >= 4 is 41.0 Å². The summed E-state index contributed by atoms with van der Waals surface area (Å²) < 4.78 is 0. The average molecular weight is 401 g/mol. The van der Waals surface area contributed by atoms with Gasteiger partial charge in [0, 0.05) is 28.5 Å². The minimum absolute atomic E-state index is 0.255. The van der Waals surface area contributed by atoms with Crippen LogP contribution in [0.15, 0.2) is 41.5 Å². The number of hydrogen-bond donors (Lipinski definition) is 3. The summed E-state index contributed by atoms with van der Waals surface area (Å²) in [6.45, 7) is 8.35. The molecule has 2 aromatic carbocycles. The molecule has 148 valence electrons. The van der Waals surface area contributed by atoms with E-state index in [0.29, 0.717) is 17.1 Å². The van der Waals surface area contributed by atoms with Crippen LogP contribution in [0.1, 0.15) is 30.5 Å². The van der Waals surface area contributed by atoms with Gasteiger partial charge in [-0.3, -0.25) is 9.59 Å². The number of nitrogens with zero attached hydrogens (tertiary/aromatic N) is 1. The Bertz CT molecular complexity index is 894. The van der Waals surface area contributed by atoms with Crippen molar-refractivity contribution in [2.75, 3.05) is 11.9 Å². The van der Waals surface area contributed by atoms with Crippen molar-refractivity contribution in [2.24, 2.45) is 11.0 Å². The summed E-state index contributed by atoms with van der Waals surface area (Å²) in [6.07, 6.45) is 1.45. The van der Waals surface area contributed by atoms with Gasteiger partial charge < -0.3 is 10.6 Å². The second-order valence-electron chi connectivity index (χ2n) is 6.98. The zero-order chi connectivity index (χ0) is 20.7. The van der Waals surface area contributed by atoms with Crippen LogP contribution < -0.4 is 16.1 Å². The Morgan fingerprint density at radius 1 is 1.07 bits per heavy atom. The van der Waals surface area contributed by atoms with Crippen LogP contribution >= 0.6 is 11.6 Å². The van der Waals surface area contributed by atoms with Crippen LogP contribution in [0.4, 0.5) is 11.4 Å². The number of amides is 2. The summed E-state index contributed by atoms with van der Waals surface area (Å²) in [5, 5.41) is 10.3. The zero-order valence-corrected chi connectivity index (χ0v) is 17.2. The van der Waals surface area contributed by atoms with Crippen LogP contribution in [0, 0.1) is 19.8 Å². The second kappa shape index (κ2) is 9.90. The molecule has 0 fully saturated rings. The van der Waals surface area contributed by atoms with Crippen molar-refractivity contribution in [1.82, 2.24) is 10.7 Å². The predicted molar refractivity (Wildman–Crippen MR) is 114 cm³/mol. The maximum Gasteiger partial charge on any atom is 0.329 e. The lowest BCUT2D eigenvalue weighted by Crippen LogP contribution is -2.39. The molecule has 0 heterocycles. The zero-order valence-electron chi connectivity index (χ0n) is 16.5. The highest BCUT2D eigenvalue weighted by atomic mass is 35.5.